The van der Waals surface area contributed by atoms with E-state index in [1.807, 2.05) is 6.92 Å². The number of phenolic OH excluding ortho intramolecular Hbond substituents is 1. The molecule has 1 aromatic rings. The van der Waals surface area contributed by atoms with Gasteiger partial charge in [0.25, 0.3) is 0 Å². The first-order valence-electron chi connectivity index (χ1n) is 4.81. The topological polar surface area (TPSA) is 79.1 Å². The van der Waals surface area contributed by atoms with Crippen molar-refractivity contribution in [1.29, 1.82) is 0 Å². The molecular weight excluding hydrogens is 210 g/mol. The molecule has 0 spiro atoms. The number of carboxylic acid groups (broad SMARTS) is 1. The van der Waals surface area contributed by atoms with E-state index in [1.54, 1.807) is 18.2 Å². The number of carboxylic acids is 1. The van der Waals surface area contributed by atoms with Gasteiger partial charge in [0.2, 0.25) is 0 Å². The summed E-state index contributed by atoms with van der Waals surface area (Å²) in [6.45, 7) is 1.94. The molecule has 0 fully saturated rings. The molecule has 0 aliphatic rings. The van der Waals surface area contributed by atoms with Gasteiger partial charge in [-0.15, -0.1) is 0 Å². The monoisotopic (exact) mass is 223 g/mol. The van der Waals surface area contributed by atoms with Gasteiger partial charge in [-0.1, -0.05) is 6.07 Å². The Kier molecular flexibility index (Phi) is 4.32. The summed E-state index contributed by atoms with van der Waals surface area (Å²) < 4.78 is 5.18. The Morgan fingerprint density at radius 1 is 1.56 bits per heavy atom. The van der Waals surface area contributed by atoms with Crippen molar-refractivity contribution in [3.05, 3.63) is 23.8 Å². The van der Waals surface area contributed by atoms with Crippen LogP contribution in [0.1, 0.15) is 12.5 Å². The van der Waals surface area contributed by atoms with Gasteiger partial charge in [0.05, 0.1) is 6.61 Å². The number of ether oxygens (including phenoxy) is 1. The summed E-state index contributed by atoms with van der Waals surface area (Å²) in [5.41, 5.74) is 0.437. The van der Waals surface area contributed by atoms with Gasteiger partial charge in [-0.2, -0.15) is 0 Å². The van der Waals surface area contributed by atoms with Gasteiger partial charge in [-0.05, 0) is 19.1 Å². The van der Waals surface area contributed by atoms with Crippen molar-refractivity contribution < 1.29 is 19.7 Å². The molecule has 0 aliphatic heterocycles. The zero-order chi connectivity index (χ0) is 12.0. The van der Waals surface area contributed by atoms with Crippen molar-refractivity contribution in [2.75, 3.05) is 13.2 Å². The van der Waals surface area contributed by atoms with Crippen molar-refractivity contribution >= 4 is 12.2 Å². The summed E-state index contributed by atoms with van der Waals surface area (Å²) in [6, 6.07) is 4.96. The van der Waals surface area contributed by atoms with E-state index in [-0.39, 0.29) is 12.3 Å². The molecule has 0 unspecified atom stereocenters. The number of nitrogens with zero attached hydrogens (tertiary/aromatic N) is 1. The largest absolute Gasteiger partial charge is 0.504 e. The standard InChI is InChI=1S/C11H13NO4/c1-2-16-9-5-3-4-8(11(9)15)6-12-7-10(13)14/h3-6,15H,2,7H2,1H3,(H,13,14). The molecule has 0 saturated heterocycles. The molecule has 1 rings (SSSR count). The van der Waals surface area contributed by atoms with Gasteiger partial charge in [0.15, 0.2) is 11.5 Å². The zero-order valence-corrected chi connectivity index (χ0v) is 8.88. The fourth-order valence-corrected chi connectivity index (χ4v) is 1.14. The molecule has 0 saturated carbocycles. The summed E-state index contributed by atoms with van der Waals surface area (Å²) >= 11 is 0. The summed E-state index contributed by atoms with van der Waals surface area (Å²) in [4.78, 5) is 13.9. The molecule has 5 heteroatoms. The molecule has 0 radical (unpaired) electrons. The molecule has 5 nitrogen and oxygen atoms in total. The summed E-state index contributed by atoms with van der Waals surface area (Å²) in [7, 11) is 0. The third-order valence-electron chi connectivity index (χ3n) is 1.79. The molecule has 86 valence electrons. The van der Waals surface area contributed by atoms with E-state index in [4.69, 9.17) is 9.84 Å². The second-order valence-electron chi connectivity index (χ2n) is 2.99. The maximum atomic E-state index is 10.2. The van der Waals surface area contributed by atoms with Crippen LogP contribution >= 0.6 is 0 Å². The number of aromatic hydroxyl groups is 1. The highest BCUT2D eigenvalue weighted by atomic mass is 16.5. The highest BCUT2D eigenvalue weighted by molar-refractivity contribution is 5.86. The van der Waals surface area contributed by atoms with Crippen LogP contribution in [-0.2, 0) is 4.79 Å². The normalized spacial score (nSPS) is 10.6. The Labute approximate surface area is 93.0 Å². The smallest absolute Gasteiger partial charge is 0.325 e. The van der Waals surface area contributed by atoms with Crippen LogP contribution < -0.4 is 4.74 Å². The highest BCUT2D eigenvalue weighted by Crippen LogP contribution is 2.28. The number of rotatable bonds is 5. The fourth-order valence-electron chi connectivity index (χ4n) is 1.14. The van der Waals surface area contributed by atoms with Crippen LogP contribution in [0.4, 0.5) is 0 Å². The second-order valence-corrected chi connectivity index (χ2v) is 2.99. The van der Waals surface area contributed by atoms with E-state index in [0.717, 1.165) is 0 Å². The Hall–Kier alpha value is -2.04. The molecule has 0 aromatic heterocycles. The van der Waals surface area contributed by atoms with Gasteiger partial charge in [0.1, 0.15) is 6.54 Å². The predicted molar refractivity (Wildman–Crippen MR) is 59.4 cm³/mol. The molecule has 0 atom stereocenters. The average molecular weight is 223 g/mol. The van der Waals surface area contributed by atoms with Crippen molar-refractivity contribution in [2.24, 2.45) is 4.99 Å². The van der Waals surface area contributed by atoms with Crippen LogP contribution in [0.15, 0.2) is 23.2 Å². The lowest BCUT2D eigenvalue weighted by atomic mass is 10.2. The van der Waals surface area contributed by atoms with E-state index in [9.17, 15) is 9.90 Å². The van der Waals surface area contributed by atoms with E-state index in [1.165, 1.54) is 6.21 Å². The Morgan fingerprint density at radius 3 is 2.94 bits per heavy atom. The van der Waals surface area contributed by atoms with Crippen molar-refractivity contribution in [3.8, 4) is 11.5 Å². The lowest BCUT2D eigenvalue weighted by Gasteiger charge is -2.06. The van der Waals surface area contributed by atoms with E-state index < -0.39 is 5.97 Å². The summed E-state index contributed by atoms with van der Waals surface area (Å²) in [5, 5.41) is 18.1. The van der Waals surface area contributed by atoms with Crippen LogP contribution in [0.2, 0.25) is 0 Å². The number of phenols is 1. The molecule has 0 amide bonds. The molecule has 0 bridgehead atoms. The minimum absolute atomic E-state index is 0.0292. The number of para-hydroxylation sites is 1. The molecule has 16 heavy (non-hydrogen) atoms. The molecular formula is C11H13NO4. The van der Waals surface area contributed by atoms with Crippen LogP contribution in [0.5, 0.6) is 11.5 Å². The molecule has 0 heterocycles. The lowest BCUT2D eigenvalue weighted by molar-refractivity contribution is -0.135. The first kappa shape index (κ1) is 12.0. The Bertz CT molecular complexity index is 401. The summed E-state index contributed by atoms with van der Waals surface area (Å²) in [5.74, 6) is -0.683. The van der Waals surface area contributed by atoms with Crippen molar-refractivity contribution in [2.45, 2.75) is 6.92 Å². The quantitative estimate of drug-likeness (QED) is 0.737. The van der Waals surface area contributed by atoms with E-state index in [2.05, 4.69) is 4.99 Å². The van der Waals surface area contributed by atoms with Crippen LogP contribution in [0, 0.1) is 0 Å². The van der Waals surface area contributed by atoms with Crippen LogP contribution in [-0.4, -0.2) is 35.5 Å². The van der Waals surface area contributed by atoms with Gasteiger partial charge in [-0.25, -0.2) is 0 Å². The van der Waals surface area contributed by atoms with Gasteiger partial charge >= 0.3 is 5.97 Å². The number of hydrogen-bond acceptors (Lipinski definition) is 4. The Balaban J connectivity index is 2.84. The van der Waals surface area contributed by atoms with Crippen LogP contribution in [0.3, 0.4) is 0 Å². The average Bonchev–Trinajstić information content (AvgIpc) is 2.23. The first-order valence-corrected chi connectivity index (χ1v) is 4.81. The number of hydrogen-bond donors (Lipinski definition) is 2. The number of benzene rings is 1. The fraction of sp³-hybridized carbons (Fsp3) is 0.273. The number of aliphatic carboxylic acids is 1. The number of carbonyl (C=O) groups is 1. The van der Waals surface area contributed by atoms with Gasteiger partial charge in [0, 0.05) is 11.8 Å². The SMILES string of the molecule is CCOc1cccc(C=NCC(=O)O)c1O. The maximum absolute atomic E-state index is 10.2. The van der Waals surface area contributed by atoms with Crippen LogP contribution in [0.25, 0.3) is 0 Å². The minimum atomic E-state index is -1.02. The molecule has 0 aliphatic carbocycles. The highest BCUT2D eigenvalue weighted by Gasteiger charge is 2.05. The zero-order valence-electron chi connectivity index (χ0n) is 8.88. The predicted octanol–water partition coefficient (Wildman–Crippen LogP) is 1.29. The maximum Gasteiger partial charge on any atom is 0.325 e. The number of aliphatic imine (C=N–C) groups is 1. The minimum Gasteiger partial charge on any atom is -0.504 e. The van der Waals surface area contributed by atoms with E-state index >= 15 is 0 Å². The van der Waals surface area contributed by atoms with Crippen molar-refractivity contribution in [3.63, 3.8) is 0 Å². The van der Waals surface area contributed by atoms with Crippen molar-refractivity contribution in [1.82, 2.24) is 0 Å². The van der Waals surface area contributed by atoms with Gasteiger partial charge in [-0.3, -0.25) is 9.79 Å². The first-order chi connectivity index (χ1) is 7.65. The lowest BCUT2D eigenvalue weighted by Crippen LogP contribution is -1.99. The van der Waals surface area contributed by atoms with E-state index in [0.29, 0.717) is 17.9 Å². The Morgan fingerprint density at radius 2 is 2.31 bits per heavy atom. The third-order valence-corrected chi connectivity index (χ3v) is 1.79. The van der Waals surface area contributed by atoms with Gasteiger partial charge < -0.3 is 14.9 Å². The molecule has 2 N–H and O–H groups in total. The summed E-state index contributed by atoms with van der Waals surface area (Å²) in [6.07, 6.45) is 1.31. The third kappa shape index (κ3) is 3.27. The molecule has 1 aromatic carbocycles. The second kappa shape index (κ2) is 5.75.